The van der Waals surface area contributed by atoms with Gasteiger partial charge in [0.05, 0.1) is 5.39 Å². The summed E-state index contributed by atoms with van der Waals surface area (Å²) in [5.74, 6) is 0.377. The zero-order valence-electron chi connectivity index (χ0n) is 15.3. The van der Waals surface area contributed by atoms with Gasteiger partial charge < -0.3 is 28.5 Å². The molecule has 0 unspecified atom stereocenters. The number of hydrogen-bond acceptors (Lipinski definition) is 7. The van der Waals surface area contributed by atoms with E-state index in [2.05, 4.69) is 0 Å². The average Bonchev–Trinajstić information content (AvgIpc) is 2.66. The number of rotatable bonds is 7. The van der Waals surface area contributed by atoms with Crippen molar-refractivity contribution >= 4 is 11.0 Å². The van der Waals surface area contributed by atoms with Gasteiger partial charge in [-0.1, -0.05) is 6.07 Å². The molecule has 0 aliphatic heterocycles. The average molecular weight is 372 g/mol. The summed E-state index contributed by atoms with van der Waals surface area (Å²) in [6, 6.07) is 9.91. The lowest BCUT2D eigenvalue weighted by molar-refractivity contribution is 0.0490. The van der Waals surface area contributed by atoms with Crippen LogP contribution in [-0.2, 0) is 9.47 Å². The van der Waals surface area contributed by atoms with Crippen LogP contribution in [0.4, 0.5) is 0 Å². The van der Waals surface area contributed by atoms with Crippen molar-refractivity contribution in [2.75, 3.05) is 27.8 Å². The summed E-state index contributed by atoms with van der Waals surface area (Å²) in [6.07, 6.45) is 0. The molecule has 0 saturated carbocycles. The number of benzene rings is 2. The van der Waals surface area contributed by atoms with Gasteiger partial charge in [0.1, 0.15) is 5.58 Å². The first-order valence-electron chi connectivity index (χ1n) is 8.19. The first-order valence-corrected chi connectivity index (χ1v) is 8.19. The fourth-order valence-electron chi connectivity index (χ4n) is 2.62. The minimum absolute atomic E-state index is 0.0246. The molecule has 0 aliphatic rings. The summed E-state index contributed by atoms with van der Waals surface area (Å²) in [4.78, 5) is 12.9. The Kier molecular flexibility index (Phi) is 5.63. The Bertz CT molecular complexity index is 1010. The van der Waals surface area contributed by atoms with Crippen LogP contribution in [0.2, 0.25) is 0 Å². The lowest BCUT2D eigenvalue weighted by Gasteiger charge is -2.13. The molecule has 0 spiro atoms. The molecule has 3 aromatic rings. The van der Waals surface area contributed by atoms with Gasteiger partial charge in [-0.25, -0.2) is 0 Å². The van der Waals surface area contributed by atoms with E-state index in [4.69, 9.17) is 23.4 Å². The van der Waals surface area contributed by atoms with Crippen LogP contribution in [0, 0.1) is 6.92 Å². The van der Waals surface area contributed by atoms with Crippen LogP contribution >= 0.6 is 0 Å². The Morgan fingerprint density at radius 1 is 1.00 bits per heavy atom. The van der Waals surface area contributed by atoms with Crippen molar-refractivity contribution in [2.24, 2.45) is 0 Å². The summed E-state index contributed by atoms with van der Waals surface area (Å²) >= 11 is 0. The molecule has 7 heteroatoms. The molecule has 0 aliphatic carbocycles. The Hall–Kier alpha value is -3.03. The van der Waals surface area contributed by atoms with E-state index < -0.39 is 0 Å². The van der Waals surface area contributed by atoms with E-state index in [1.165, 1.54) is 20.3 Å². The summed E-state index contributed by atoms with van der Waals surface area (Å²) in [5, 5.41) is 10.4. The maximum absolute atomic E-state index is 12.9. The maximum atomic E-state index is 12.9. The van der Waals surface area contributed by atoms with Crippen LogP contribution in [-0.4, -0.2) is 32.9 Å². The molecule has 7 nitrogen and oxygen atoms in total. The highest BCUT2D eigenvalue weighted by molar-refractivity contribution is 5.82. The highest BCUT2D eigenvalue weighted by Gasteiger charge is 2.19. The van der Waals surface area contributed by atoms with Gasteiger partial charge in [0.15, 0.2) is 30.8 Å². The topological polar surface area (TPSA) is 87.4 Å². The van der Waals surface area contributed by atoms with Crippen molar-refractivity contribution < 1.29 is 28.5 Å². The maximum Gasteiger partial charge on any atom is 0.235 e. The first-order chi connectivity index (χ1) is 13.0. The third-order valence-corrected chi connectivity index (χ3v) is 3.88. The Balaban J connectivity index is 2.21. The van der Waals surface area contributed by atoms with Gasteiger partial charge in [-0.3, -0.25) is 4.79 Å². The fourth-order valence-corrected chi connectivity index (χ4v) is 2.62. The van der Waals surface area contributed by atoms with Gasteiger partial charge in [-0.15, -0.1) is 0 Å². The van der Waals surface area contributed by atoms with Crippen molar-refractivity contribution in [1.82, 2.24) is 0 Å². The van der Waals surface area contributed by atoms with Crippen molar-refractivity contribution in [3.8, 4) is 28.6 Å². The minimum atomic E-state index is -0.310. The zero-order chi connectivity index (χ0) is 19.4. The molecule has 3 rings (SSSR count). The van der Waals surface area contributed by atoms with Crippen LogP contribution in [0.15, 0.2) is 45.6 Å². The largest absolute Gasteiger partial charge is 0.504 e. The van der Waals surface area contributed by atoms with Crippen molar-refractivity contribution in [3.05, 3.63) is 52.2 Å². The summed E-state index contributed by atoms with van der Waals surface area (Å²) in [7, 11) is 2.94. The highest BCUT2D eigenvalue weighted by Crippen LogP contribution is 2.36. The second-order valence-corrected chi connectivity index (χ2v) is 5.87. The quantitative estimate of drug-likeness (QED) is 0.636. The molecule has 1 heterocycles. The lowest BCUT2D eigenvalue weighted by Crippen LogP contribution is -2.12. The second kappa shape index (κ2) is 8.11. The lowest BCUT2D eigenvalue weighted by atomic mass is 10.1. The molecule has 0 saturated heterocycles. The summed E-state index contributed by atoms with van der Waals surface area (Å²) < 4.78 is 26.6. The Labute approximate surface area is 155 Å². The minimum Gasteiger partial charge on any atom is -0.504 e. The van der Waals surface area contributed by atoms with Crippen molar-refractivity contribution in [3.63, 3.8) is 0 Å². The fraction of sp³-hybridized carbons (Fsp3) is 0.250. The van der Waals surface area contributed by atoms with Crippen LogP contribution in [0.3, 0.4) is 0 Å². The predicted octanol–water partition coefficient (Wildman–Crippen LogP) is 3.44. The van der Waals surface area contributed by atoms with E-state index in [-0.39, 0.29) is 42.0 Å². The second-order valence-electron chi connectivity index (χ2n) is 5.87. The molecular weight excluding hydrogens is 352 g/mol. The first kappa shape index (κ1) is 18.8. The van der Waals surface area contributed by atoms with E-state index in [9.17, 15) is 9.90 Å². The van der Waals surface area contributed by atoms with Gasteiger partial charge in [0.25, 0.3) is 0 Å². The third kappa shape index (κ3) is 3.89. The molecule has 1 aromatic heterocycles. The molecule has 0 radical (unpaired) electrons. The summed E-state index contributed by atoms with van der Waals surface area (Å²) in [6.45, 7) is 1.76. The SMILES string of the molecule is COCOc1cc(-c2oc3cc(C)ccc3c(=O)c2OCOC)ccc1O. The molecule has 0 fully saturated rings. The van der Waals surface area contributed by atoms with Gasteiger partial charge >= 0.3 is 0 Å². The number of phenolic OH excluding ortho intramolecular Hbond substituents is 1. The van der Waals surface area contributed by atoms with Crippen LogP contribution in [0.1, 0.15) is 5.56 Å². The van der Waals surface area contributed by atoms with Gasteiger partial charge in [0.2, 0.25) is 11.2 Å². The number of fused-ring (bicyclic) bond motifs is 1. The number of phenols is 1. The smallest absolute Gasteiger partial charge is 0.235 e. The highest BCUT2D eigenvalue weighted by atomic mass is 16.7. The van der Waals surface area contributed by atoms with E-state index in [1.807, 2.05) is 13.0 Å². The van der Waals surface area contributed by atoms with Crippen LogP contribution in [0.5, 0.6) is 17.2 Å². The molecule has 0 amide bonds. The molecule has 2 aromatic carbocycles. The normalized spacial score (nSPS) is 10.9. The van der Waals surface area contributed by atoms with Crippen molar-refractivity contribution in [1.29, 1.82) is 0 Å². The monoisotopic (exact) mass is 372 g/mol. The van der Waals surface area contributed by atoms with E-state index in [0.717, 1.165) is 5.56 Å². The molecule has 0 atom stereocenters. The van der Waals surface area contributed by atoms with Crippen molar-refractivity contribution in [2.45, 2.75) is 6.92 Å². The van der Waals surface area contributed by atoms with Gasteiger partial charge in [0, 0.05) is 19.8 Å². The van der Waals surface area contributed by atoms with E-state index in [1.54, 1.807) is 24.3 Å². The van der Waals surface area contributed by atoms with E-state index in [0.29, 0.717) is 16.5 Å². The standard InChI is InChI=1S/C20H20O7/c1-12-4-6-14-16(8-12)27-19(20(18(14)22)26-11-24-3)13-5-7-15(21)17(9-13)25-10-23-2/h4-9,21H,10-11H2,1-3H3. The molecule has 27 heavy (non-hydrogen) atoms. The zero-order valence-corrected chi connectivity index (χ0v) is 15.3. The number of aryl methyl sites for hydroxylation is 1. The molecule has 0 bridgehead atoms. The molecule has 1 N–H and O–H groups in total. The molecular formula is C20H20O7. The number of aromatic hydroxyl groups is 1. The summed E-state index contributed by atoms with van der Waals surface area (Å²) in [5.41, 5.74) is 1.59. The van der Waals surface area contributed by atoms with Crippen LogP contribution in [0.25, 0.3) is 22.3 Å². The number of ether oxygens (including phenoxy) is 4. The van der Waals surface area contributed by atoms with Gasteiger partial charge in [-0.05, 0) is 42.8 Å². The van der Waals surface area contributed by atoms with E-state index >= 15 is 0 Å². The van der Waals surface area contributed by atoms with Gasteiger partial charge in [-0.2, -0.15) is 0 Å². The predicted molar refractivity (Wildman–Crippen MR) is 99.3 cm³/mol. The number of hydrogen-bond donors (Lipinski definition) is 1. The Morgan fingerprint density at radius 3 is 2.48 bits per heavy atom. The number of methoxy groups -OCH3 is 2. The Morgan fingerprint density at radius 2 is 1.74 bits per heavy atom. The third-order valence-electron chi connectivity index (χ3n) is 3.88. The molecule has 142 valence electrons. The van der Waals surface area contributed by atoms with Crippen LogP contribution < -0.4 is 14.9 Å².